The molecule has 3 aromatic carbocycles. The lowest BCUT2D eigenvalue weighted by Gasteiger charge is -2.30. The lowest BCUT2D eigenvalue weighted by Crippen LogP contribution is -2.22. The van der Waals surface area contributed by atoms with Crippen LogP contribution in [0.15, 0.2) is 72.0 Å². The fraction of sp³-hybridized carbons (Fsp3) is 0.136. The number of carbonyl (C=O) groups excluding carboxylic acids is 1. The van der Waals surface area contributed by atoms with Gasteiger partial charge in [-0.3, -0.25) is 0 Å². The Balaban J connectivity index is 2.04. The lowest BCUT2D eigenvalue weighted by molar-refractivity contribution is -0.136. The van der Waals surface area contributed by atoms with E-state index in [9.17, 15) is 4.79 Å². The molecule has 4 heteroatoms. The van der Waals surface area contributed by atoms with E-state index in [-0.39, 0.29) is 11.9 Å². The molecule has 0 saturated carbocycles. The zero-order valence-electron chi connectivity index (χ0n) is 14.5. The second-order valence-corrected chi connectivity index (χ2v) is 6.68. The van der Waals surface area contributed by atoms with Crippen LogP contribution in [-0.2, 0) is 9.53 Å². The topological polar surface area (TPSA) is 35.5 Å². The normalized spacial score (nSPS) is 16.2. The van der Waals surface area contributed by atoms with Crippen molar-refractivity contribution in [2.24, 2.45) is 0 Å². The largest absolute Gasteiger partial charge is 0.466 e. The van der Waals surface area contributed by atoms with Crippen LogP contribution in [0.1, 0.15) is 24.0 Å². The van der Waals surface area contributed by atoms with Crippen LogP contribution in [0, 0.1) is 0 Å². The molecule has 0 saturated heterocycles. The van der Waals surface area contributed by atoms with Crippen molar-refractivity contribution >= 4 is 28.3 Å². The van der Waals surface area contributed by atoms with Crippen molar-refractivity contribution in [2.45, 2.75) is 12.8 Å². The molecule has 1 aliphatic rings. The molecule has 0 bridgehead atoms. The van der Waals surface area contributed by atoms with Crippen LogP contribution in [0.4, 0.5) is 0 Å². The number of methoxy groups -OCH3 is 1. The molecule has 0 spiro atoms. The molecule has 0 amide bonds. The summed E-state index contributed by atoms with van der Waals surface area (Å²) in [6.45, 7) is 1.80. The number of allylic oxidation sites excluding steroid dienone is 1. The zero-order chi connectivity index (χ0) is 18.3. The van der Waals surface area contributed by atoms with Gasteiger partial charge < -0.3 is 9.47 Å². The van der Waals surface area contributed by atoms with Crippen LogP contribution < -0.4 is 4.74 Å². The summed E-state index contributed by atoms with van der Waals surface area (Å²) in [6.07, 6.45) is 0. The first-order valence-corrected chi connectivity index (χ1v) is 8.72. The van der Waals surface area contributed by atoms with E-state index < -0.39 is 0 Å². The van der Waals surface area contributed by atoms with Crippen LogP contribution in [-0.4, -0.2) is 13.1 Å². The maximum atomic E-state index is 12.6. The minimum absolute atomic E-state index is 0.283. The number of carbonyl (C=O) groups is 1. The second-order valence-electron chi connectivity index (χ2n) is 6.25. The van der Waals surface area contributed by atoms with Gasteiger partial charge in [-0.05, 0) is 41.5 Å². The molecule has 0 aliphatic carbocycles. The number of esters is 1. The minimum atomic E-state index is -0.388. The highest BCUT2D eigenvalue weighted by molar-refractivity contribution is 6.30. The summed E-state index contributed by atoms with van der Waals surface area (Å²) in [4.78, 5) is 12.6. The molecule has 0 radical (unpaired) electrons. The van der Waals surface area contributed by atoms with Gasteiger partial charge in [-0.2, -0.15) is 0 Å². The zero-order valence-corrected chi connectivity index (χ0v) is 15.2. The van der Waals surface area contributed by atoms with Crippen molar-refractivity contribution in [3.63, 3.8) is 0 Å². The summed E-state index contributed by atoms with van der Waals surface area (Å²) in [5, 5.41) is 2.80. The summed E-state index contributed by atoms with van der Waals surface area (Å²) < 4.78 is 11.1. The molecule has 3 nitrogen and oxygen atoms in total. The monoisotopic (exact) mass is 364 g/mol. The van der Waals surface area contributed by atoms with E-state index >= 15 is 0 Å². The molecule has 130 valence electrons. The Hall–Kier alpha value is -2.78. The van der Waals surface area contributed by atoms with Crippen LogP contribution in [0.3, 0.4) is 0 Å². The van der Waals surface area contributed by atoms with E-state index in [0.717, 1.165) is 27.6 Å². The highest BCUT2D eigenvalue weighted by Crippen LogP contribution is 2.46. The van der Waals surface area contributed by atoms with E-state index in [1.807, 2.05) is 48.5 Å². The predicted molar refractivity (Wildman–Crippen MR) is 103 cm³/mol. The molecular formula is C22H17ClO3. The minimum Gasteiger partial charge on any atom is -0.466 e. The fourth-order valence-corrected chi connectivity index (χ4v) is 3.72. The van der Waals surface area contributed by atoms with Gasteiger partial charge in [0.05, 0.1) is 12.7 Å². The summed E-state index contributed by atoms with van der Waals surface area (Å²) in [5.74, 6) is 0.643. The highest BCUT2D eigenvalue weighted by Gasteiger charge is 2.35. The third-order valence-corrected chi connectivity index (χ3v) is 5.01. The first-order chi connectivity index (χ1) is 12.6. The molecule has 3 aromatic rings. The maximum Gasteiger partial charge on any atom is 0.338 e. The van der Waals surface area contributed by atoms with Crippen LogP contribution in [0.25, 0.3) is 10.8 Å². The Kier molecular flexibility index (Phi) is 4.17. The molecule has 0 fully saturated rings. The van der Waals surface area contributed by atoms with E-state index in [1.54, 1.807) is 6.92 Å². The van der Waals surface area contributed by atoms with Crippen LogP contribution in [0.5, 0.6) is 5.75 Å². The summed E-state index contributed by atoms with van der Waals surface area (Å²) >= 11 is 6.07. The van der Waals surface area contributed by atoms with Gasteiger partial charge in [-0.25, -0.2) is 4.79 Å². The summed E-state index contributed by atoms with van der Waals surface area (Å²) in [5.41, 5.74) is 2.45. The molecular weight excluding hydrogens is 348 g/mol. The van der Waals surface area contributed by atoms with Crippen molar-refractivity contribution in [1.29, 1.82) is 0 Å². The Morgan fingerprint density at radius 2 is 1.77 bits per heavy atom. The molecule has 1 heterocycles. The Bertz CT molecular complexity index is 1030. The standard InChI is InChI=1S/C22H17ClO3/c1-13-19(22(24)25-2)20(15-7-10-16(23)11-8-15)21-17-6-4-3-5-14(17)9-12-18(21)26-13/h3-12,20H,1-2H3. The smallest absolute Gasteiger partial charge is 0.338 e. The SMILES string of the molecule is COC(=O)C1=C(C)Oc2ccc3ccccc3c2C1c1ccc(Cl)cc1. The summed E-state index contributed by atoms with van der Waals surface area (Å²) in [6, 6.07) is 19.6. The first kappa shape index (κ1) is 16.7. The van der Waals surface area contributed by atoms with E-state index in [2.05, 4.69) is 12.1 Å². The third-order valence-electron chi connectivity index (χ3n) is 4.76. The second kappa shape index (κ2) is 6.50. The third kappa shape index (κ3) is 2.65. The van der Waals surface area contributed by atoms with Gasteiger partial charge in [0.1, 0.15) is 11.5 Å². The average molecular weight is 365 g/mol. The molecule has 26 heavy (non-hydrogen) atoms. The van der Waals surface area contributed by atoms with Crippen molar-refractivity contribution in [3.8, 4) is 5.75 Å². The van der Waals surface area contributed by atoms with Crippen LogP contribution >= 0.6 is 11.6 Å². The number of fused-ring (bicyclic) bond motifs is 3. The van der Waals surface area contributed by atoms with Crippen molar-refractivity contribution < 1.29 is 14.3 Å². The molecule has 1 unspecified atom stereocenters. The van der Waals surface area contributed by atoms with Gasteiger partial charge in [-0.1, -0.05) is 54.1 Å². The quantitative estimate of drug-likeness (QED) is 0.566. The van der Waals surface area contributed by atoms with Crippen LogP contribution in [0.2, 0.25) is 5.02 Å². The van der Waals surface area contributed by atoms with E-state index in [4.69, 9.17) is 21.1 Å². The molecule has 4 rings (SSSR count). The average Bonchev–Trinajstić information content (AvgIpc) is 2.67. The van der Waals surface area contributed by atoms with Gasteiger partial charge in [0.2, 0.25) is 0 Å². The number of halogens is 1. The van der Waals surface area contributed by atoms with Gasteiger partial charge in [0.25, 0.3) is 0 Å². The number of ether oxygens (including phenoxy) is 2. The Labute approximate surface area is 156 Å². The molecule has 1 aliphatic heterocycles. The van der Waals surface area contributed by atoms with E-state index in [0.29, 0.717) is 16.4 Å². The molecule has 0 N–H and O–H groups in total. The molecule has 1 atom stereocenters. The summed E-state index contributed by atoms with van der Waals surface area (Å²) in [7, 11) is 1.39. The van der Waals surface area contributed by atoms with Gasteiger partial charge in [-0.15, -0.1) is 0 Å². The first-order valence-electron chi connectivity index (χ1n) is 8.34. The van der Waals surface area contributed by atoms with Crippen molar-refractivity contribution in [2.75, 3.05) is 7.11 Å². The van der Waals surface area contributed by atoms with Gasteiger partial charge in [0, 0.05) is 16.5 Å². The Morgan fingerprint density at radius 1 is 1.04 bits per heavy atom. The van der Waals surface area contributed by atoms with Gasteiger partial charge in [0.15, 0.2) is 0 Å². The van der Waals surface area contributed by atoms with Crippen molar-refractivity contribution in [3.05, 3.63) is 88.1 Å². The number of benzene rings is 3. The maximum absolute atomic E-state index is 12.6. The van der Waals surface area contributed by atoms with Crippen molar-refractivity contribution in [1.82, 2.24) is 0 Å². The lowest BCUT2D eigenvalue weighted by atomic mass is 9.80. The Morgan fingerprint density at radius 3 is 2.50 bits per heavy atom. The number of rotatable bonds is 2. The fourth-order valence-electron chi connectivity index (χ4n) is 3.59. The van der Waals surface area contributed by atoms with Gasteiger partial charge >= 0.3 is 5.97 Å². The number of hydrogen-bond donors (Lipinski definition) is 0. The number of hydrogen-bond acceptors (Lipinski definition) is 3. The molecule has 0 aromatic heterocycles. The predicted octanol–water partition coefficient (Wildman–Crippen LogP) is 5.46. The van der Waals surface area contributed by atoms with E-state index in [1.165, 1.54) is 7.11 Å². The highest BCUT2D eigenvalue weighted by atomic mass is 35.5.